The van der Waals surface area contributed by atoms with Gasteiger partial charge in [-0.2, -0.15) is 0 Å². The molecule has 4 aliphatic carbocycles. The fourth-order valence-electron chi connectivity index (χ4n) is 5.88. The van der Waals surface area contributed by atoms with Crippen LogP contribution in [0.3, 0.4) is 0 Å². The second kappa shape index (κ2) is 8.38. The number of esters is 2. The van der Waals surface area contributed by atoms with Crippen molar-refractivity contribution in [2.24, 2.45) is 17.3 Å². The van der Waals surface area contributed by atoms with Crippen LogP contribution in [0.1, 0.15) is 48.9 Å². The minimum atomic E-state index is -4.45. The molecule has 0 N–H and O–H groups in total. The molecular formula is C20H20Br3O7S-. The molecule has 0 heterocycles. The molecule has 31 heavy (non-hydrogen) atoms. The number of rotatable bonds is 6. The van der Waals surface area contributed by atoms with Crippen molar-refractivity contribution in [3.8, 4) is 0 Å². The minimum Gasteiger partial charge on any atom is -0.748 e. The van der Waals surface area contributed by atoms with Crippen LogP contribution >= 0.6 is 47.8 Å². The maximum absolute atomic E-state index is 13.1. The predicted octanol–water partition coefficient (Wildman–Crippen LogP) is 4.56. The van der Waals surface area contributed by atoms with Crippen LogP contribution in [0.25, 0.3) is 0 Å². The number of carbonyl (C=O) groups excluding carboxylic acids is 2. The summed E-state index contributed by atoms with van der Waals surface area (Å²) in [6.45, 7) is -0.451. The maximum atomic E-state index is 13.1. The Morgan fingerprint density at radius 2 is 1.74 bits per heavy atom. The van der Waals surface area contributed by atoms with Gasteiger partial charge < -0.3 is 14.0 Å². The summed E-state index contributed by atoms with van der Waals surface area (Å²) in [5.74, 6) is -1.22. The summed E-state index contributed by atoms with van der Waals surface area (Å²) in [6, 6.07) is 3.50. The lowest BCUT2D eigenvalue weighted by Crippen LogP contribution is -2.60. The monoisotopic (exact) mass is 641 g/mol. The number of carbonyl (C=O) groups is 2. The van der Waals surface area contributed by atoms with E-state index in [-0.39, 0.29) is 11.8 Å². The second-order valence-electron chi connectivity index (χ2n) is 8.96. The Kier molecular flexibility index (Phi) is 6.39. The molecule has 4 saturated carbocycles. The Morgan fingerprint density at radius 1 is 1.10 bits per heavy atom. The smallest absolute Gasteiger partial charge is 0.339 e. The van der Waals surface area contributed by atoms with E-state index in [4.69, 9.17) is 9.47 Å². The van der Waals surface area contributed by atoms with Crippen LogP contribution in [-0.4, -0.2) is 42.9 Å². The summed E-state index contributed by atoms with van der Waals surface area (Å²) in [5, 5.41) is 0. The van der Waals surface area contributed by atoms with E-state index in [1.54, 1.807) is 6.07 Å². The average Bonchev–Trinajstić information content (AvgIpc) is 2.62. The first-order chi connectivity index (χ1) is 14.4. The van der Waals surface area contributed by atoms with Crippen LogP contribution < -0.4 is 0 Å². The zero-order valence-electron chi connectivity index (χ0n) is 16.4. The molecule has 2 atom stereocenters. The molecule has 4 aliphatic rings. The van der Waals surface area contributed by atoms with Gasteiger partial charge in [0.15, 0.2) is 0 Å². The fraction of sp³-hybridized carbons (Fsp3) is 0.600. The first-order valence-corrected chi connectivity index (χ1v) is 13.8. The highest BCUT2D eigenvalue weighted by molar-refractivity contribution is 9.13. The highest BCUT2D eigenvalue weighted by Crippen LogP contribution is 2.63. The van der Waals surface area contributed by atoms with E-state index in [0.29, 0.717) is 46.6 Å². The Hall–Kier alpha value is -0.490. The molecule has 0 spiro atoms. The number of benzene rings is 1. The van der Waals surface area contributed by atoms with Crippen molar-refractivity contribution >= 4 is 69.8 Å². The molecule has 0 saturated heterocycles. The van der Waals surface area contributed by atoms with Crippen molar-refractivity contribution in [3.63, 3.8) is 0 Å². The van der Waals surface area contributed by atoms with E-state index in [1.165, 1.54) is 0 Å². The lowest BCUT2D eigenvalue weighted by molar-refractivity contribution is -0.196. The van der Waals surface area contributed by atoms with E-state index in [1.807, 2.05) is 6.07 Å². The van der Waals surface area contributed by atoms with Gasteiger partial charge >= 0.3 is 11.9 Å². The standard InChI is InChI=1S/C20H21Br3O7S/c21-13-4-14(16(23)15(22)5-13)17(24)30-20-8-11-3-12(9-20)7-19(6-11,10-20)18(25)29-1-2-31(26,27)28/h4-5,11-12H,1-3,6-10H2,(H,26,27,28)/p-1. The van der Waals surface area contributed by atoms with Crippen LogP contribution in [0.2, 0.25) is 0 Å². The third kappa shape index (κ3) is 4.90. The third-order valence-corrected chi connectivity index (χ3v) is 9.67. The number of hydrogen-bond donors (Lipinski definition) is 0. The Labute approximate surface area is 205 Å². The summed E-state index contributed by atoms with van der Waals surface area (Å²) in [6.07, 6.45) is 4.01. The Morgan fingerprint density at radius 3 is 2.35 bits per heavy atom. The Bertz CT molecular complexity index is 1030. The van der Waals surface area contributed by atoms with Gasteiger partial charge in [0.2, 0.25) is 0 Å². The van der Waals surface area contributed by atoms with Crippen LogP contribution in [-0.2, 0) is 24.4 Å². The summed E-state index contributed by atoms with van der Waals surface area (Å²) in [7, 11) is -4.45. The topological polar surface area (TPSA) is 110 Å². The Balaban J connectivity index is 1.54. The van der Waals surface area contributed by atoms with Gasteiger partial charge in [-0.1, -0.05) is 15.9 Å². The second-order valence-corrected chi connectivity index (χ2v) is 13.0. The van der Waals surface area contributed by atoms with E-state index in [2.05, 4.69) is 47.8 Å². The van der Waals surface area contributed by atoms with Crippen molar-refractivity contribution in [1.29, 1.82) is 0 Å². The molecule has 4 fully saturated rings. The lowest BCUT2D eigenvalue weighted by Gasteiger charge is -2.59. The van der Waals surface area contributed by atoms with Crippen molar-refractivity contribution in [3.05, 3.63) is 31.1 Å². The van der Waals surface area contributed by atoms with Gasteiger partial charge in [0.05, 0.1) is 26.8 Å². The molecule has 1 aromatic rings. The largest absolute Gasteiger partial charge is 0.748 e. The van der Waals surface area contributed by atoms with Gasteiger partial charge in [0, 0.05) is 19.8 Å². The molecule has 0 aromatic heterocycles. The highest BCUT2D eigenvalue weighted by Gasteiger charge is 2.63. The average molecular weight is 644 g/mol. The van der Waals surface area contributed by atoms with Crippen LogP contribution in [0.4, 0.5) is 0 Å². The minimum absolute atomic E-state index is 0.238. The summed E-state index contributed by atoms with van der Waals surface area (Å²) >= 11 is 10.2. The number of hydrogen-bond acceptors (Lipinski definition) is 7. The zero-order chi connectivity index (χ0) is 22.6. The van der Waals surface area contributed by atoms with Gasteiger partial charge in [0.25, 0.3) is 0 Å². The van der Waals surface area contributed by atoms with Crippen LogP contribution in [0.15, 0.2) is 25.6 Å². The molecule has 2 unspecified atom stereocenters. The van der Waals surface area contributed by atoms with Crippen molar-refractivity contribution in [1.82, 2.24) is 0 Å². The maximum Gasteiger partial charge on any atom is 0.339 e. The number of halogens is 3. The van der Waals surface area contributed by atoms with Gasteiger partial charge in [-0.25, -0.2) is 13.2 Å². The molecular weight excluding hydrogens is 624 g/mol. The first-order valence-electron chi connectivity index (χ1n) is 9.89. The van der Waals surface area contributed by atoms with Crippen molar-refractivity contribution in [2.75, 3.05) is 12.4 Å². The summed E-state index contributed by atoms with van der Waals surface area (Å²) in [4.78, 5) is 26.0. The van der Waals surface area contributed by atoms with E-state index in [0.717, 1.165) is 10.9 Å². The molecule has 170 valence electrons. The summed E-state index contributed by atoms with van der Waals surface area (Å²) in [5.41, 5.74) is -1.17. The van der Waals surface area contributed by atoms with Crippen LogP contribution in [0, 0.1) is 17.3 Å². The lowest BCUT2D eigenvalue weighted by atomic mass is 9.48. The van der Waals surface area contributed by atoms with Gasteiger partial charge in [-0.05, 0) is 87.9 Å². The predicted molar refractivity (Wildman–Crippen MR) is 120 cm³/mol. The van der Waals surface area contributed by atoms with Gasteiger partial charge in [0.1, 0.15) is 12.2 Å². The van der Waals surface area contributed by atoms with Crippen molar-refractivity contribution < 1.29 is 32.0 Å². The normalized spacial score (nSPS) is 31.5. The molecule has 0 radical (unpaired) electrons. The molecule has 4 bridgehead atoms. The quantitative estimate of drug-likeness (QED) is 0.254. The van der Waals surface area contributed by atoms with E-state index >= 15 is 0 Å². The van der Waals surface area contributed by atoms with Crippen LogP contribution in [0.5, 0.6) is 0 Å². The molecule has 1 aromatic carbocycles. The molecule has 0 amide bonds. The van der Waals surface area contributed by atoms with E-state index in [9.17, 15) is 22.6 Å². The fourth-order valence-corrected chi connectivity index (χ4v) is 7.79. The first kappa shape index (κ1) is 23.7. The highest BCUT2D eigenvalue weighted by atomic mass is 79.9. The molecule has 11 heteroatoms. The SMILES string of the molecule is O=C(OC12CC3CC(C1)CC(C(=O)OCCS(=O)(=O)[O-])(C3)C2)c1cc(Br)cc(Br)c1Br. The molecule has 0 aliphatic heterocycles. The van der Waals surface area contributed by atoms with Gasteiger partial charge in [-0.3, -0.25) is 4.79 Å². The molecule has 5 rings (SSSR count). The van der Waals surface area contributed by atoms with E-state index < -0.39 is 45.4 Å². The van der Waals surface area contributed by atoms with Crippen molar-refractivity contribution in [2.45, 2.75) is 44.1 Å². The third-order valence-electron chi connectivity index (χ3n) is 6.53. The molecule has 7 nitrogen and oxygen atoms in total. The zero-order valence-corrected chi connectivity index (χ0v) is 21.9. The summed E-state index contributed by atoms with van der Waals surface area (Å²) < 4.78 is 45.8. The van der Waals surface area contributed by atoms with Gasteiger partial charge in [-0.15, -0.1) is 0 Å². The number of ether oxygens (including phenoxy) is 2.